The van der Waals surface area contributed by atoms with Crippen LogP contribution in [0.2, 0.25) is 0 Å². The van der Waals surface area contributed by atoms with Gasteiger partial charge in [0, 0.05) is 31.0 Å². The SMILES string of the molecule is Cn1cc2c(n1)C=C([N+](=O)[O-])C=CC2. The van der Waals surface area contributed by atoms with E-state index in [2.05, 4.69) is 5.10 Å². The number of rotatable bonds is 1. The van der Waals surface area contributed by atoms with E-state index in [1.54, 1.807) is 17.8 Å². The van der Waals surface area contributed by atoms with Gasteiger partial charge in [-0.05, 0) is 6.42 Å². The first-order valence-electron chi connectivity index (χ1n) is 4.22. The lowest BCUT2D eigenvalue weighted by atomic mass is 10.2. The average Bonchev–Trinajstić information content (AvgIpc) is 2.32. The van der Waals surface area contributed by atoms with Crippen LogP contribution in [0.25, 0.3) is 6.08 Å². The third-order valence-electron chi connectivity index (χ3n) is 2.06. The Balaban J connectivity index is 2.50. The summed E-state index contributed by atoms with van der Waals surface area (Å²) >= 11 is 0. The Morgan fingerprint density at radius 1 is 1.64 bits per heavy atom. The Morgan fingerprint density at radius 3 is 3.14 bits per heavy atom. The summed E-state index contributed by atoms with van der Waals surface area (Å²) in [5, 5.41) is 14.7. The lowest BCUT2D eigenvalue weighted by molar-refractivity contribution is -0.417. The second-order valence-corrected chi connectivity index (χ2v) is 3.15. The average molecular weight is 191 g/mol. The van der Waals surface area contributed by atoms with E-state index in [-0.39, 0.29) is 5.70 Å². The van der Waals surface area contributed by atoms with Crippen molar-refractivity contribution in [2.45, 2.75) is 6.42 Å². The largest absolute Gasteiger partial charge is 0.275 e. The van der Waals surface area contributed by atoms with Gasteiger partial charge in [-0.15, -0.1) is 0 Å². The first-order valence-corrected chi connectivity index (χ1v) is 4.22. The van der Waals surface area contributed by atoms with E-state index in [9.17, 15) is 10.1 Å². The summed E-state index contributed by atoms with van der Waals surface area (Å²) in [6.07, 6.45) is 7.36. The Labute approximate surface area is 80.5 Å². The maximum absolute atomic E-state index is 10.6. The summed E-state index contributed by atoms with van der Waals surface area (Å²) in [5.74, 6) is 0. The number of aryl methyl sites for hydroxylation is 1. The van der Waals surface area contributed by atoms with Crippen LogP contribution in [0.3, 0.4) is 0 Å². The number of nitrogens with zero attached hydrogens (tertiary/aromatic N) is 3. The molecule has 0 aliphatic heterocycles. The Hall–Kier alpha value is -1.91. The zero-order valence-corrected chi connectivity index (χ0v) is 7.67. The number of allylic oxidation sites excluding steroid dienone is 2. The van der Waals surface area contributed by atoms with Crippen molar-refractivity contribution in [1.82, 2.24) is 9.78 Å². The molecular weight excluding hydrogens is 182 g/mol. The van der Waals surface area contributed by atoms with Gasteiger partial charge in [0.2, 0.25) is 0 Å². The second kappa shape index (κ2) is 3.10. The number of aromatic nitrogens is 2. The molecule has 5 nitrogen and oxygen atoms in total. The molecule has 0 saturated carbocycles. The lowest BCUT2D eigenvalue weighted by Gasteiger charge is -1.88. The second-order valence-electron chi connectivity index (χ2n) is 3.15. The van der Waals surface area contributed by atoms with Crippen LogP contribution in [0.4, 0.5) is 0 Å². The van der Waals surface area contributed by atoms with Gasteiger partial charge < -0.3 is 0 Å². The fourth-order valence-electron chi connectivity index (χ4n) is 1.44. The molecule has 0 unspecified atom stereocenters. The minimum Gasteiger partial charge on any atom is -0.275 e. The molecule has 0 fully saturated rings. The zero-order chi connectivity index (χ0) is 10.1. The molecule has 72 valence electrons. The molecule has 5 heteroatoms. The van der Waals surface area contributed by atoms with E-state index >= 15 is 0 Å². The number of fused-ring (bicyclic) bond motifs is 1. The van der Waals surface area contributed by atoms with E-state index < -0.39 is 4.92 Å². The smallest absolute Gasteiger partial charge is 0.271 e. The molecule has 2 rings (SSSR count). The van der Waals surface area contributed by atoms with Gasteiger partial charge >= 0.3 is 0 Å². The van der Waals surface area contributed by atoms with Gasteiger partial charge in [-0.25, -0.2) is 0 Å². The summed E-state index contributed by atoms with van der Waals surface area (Å²) in [6, 6.07) is 0. The van der Waals surface area contributed by atoms with Crippen LogP contribution in [0.5, 0.6) is 0 Å². The first kappa shape index (κ1) is 8.68. The fourth-order valence-corrected chi connectivity index (χ4v) is 1.44. The predicted octanol–water partition coefficient (Wildman–Crippen LogP) is 1.15. The van der Waals surface area contributed by atoms with Gasteiger partial charge in [0.05, 0.1) is 10.6 Å². The van der Waals surface area contributed by atoms with Crippen molar-refractivity contribution < 1.29 is 4.92 Å². The standard InChI is InChI=1S/C9H9N3O2/c1-11-6-7-3-2-4-8(12(13)14)5-9(7)10-11/h2,4-6H,3H2,1H3. The molecule has 0 radical (unpaired) electrons. The molecule has 0 aromatic carbocycles. The van der Waals surface area contributed by atoms with Crippen LogP contribution >= 0.6 is 0 Å². The number of nitro groups is 1. The highest BCUT2D eigenvalue weighted by atomic mass is 16.6. The summed E-state index contributed by atoms with van der Waals surface area (Å²) in [6.45, 7) is 0. The third kappa shape index (κ3) is 1.44. The van der Waals surface area contributed by atoms with Crippen molar-refractivity contribution in [2.75, 3.05) is 0 Å². The molecule has 1 aliphatic carbocycles. The van der Waals surface area contributed by atoms with Gasteiger partial charge in [0.25, 0.3) is 5.70 Å². The van der Waals surface area contributed by atoms with Crippen LogP contribution in [0, 0.1) is 10.1 Å². The van der Waals surface area contributed by atoms with Gasteiger partial charge in [-0.3, -0.25) is 14.8 Å². The Kier molecular flexibility index (Phi) is 1.92. The van der Waals surface area contributed by atoms with Gasteiger partial charge in [0.1, 0.15) is 0 Å². The normalized spacial score (nSPS) is 14.5. The van der Waals surface area contributed by atoms with Crippen molar-refractivity contribution in [1.29, 1.82) is 0 Å². The highest BCUT2D eigenvalue weighted by molar-refractivity contribution is 5.55. The lowest BCUT2D eigenvalue weighted by Crippen LogP contribution is -1.95. The van der Waals surface area contributed by atoms with Crippen LogP contribution in [0.15, 0.2) is 24.0 Å². The minimum atomic E-state index is -0.403. The van der Waals surface area contributed by atoms with Crippen LogP contribution in [-0.2, 0) is 13.5 Å². The third-order valence-corrected chi connectivity index (χ3v) is 2.06. The molecule has 0 amide bonds. The molecular formula is C9H9N3O2. The van der Waals surface area contributed by atoms with Gasteiger partial charge in [0.15, 0.2) is 0 Å². The molecule has 1 aromatic heterocycles. The highest BCUT2D eigenvalue weighted by Crippen LogP contribution is 2.17. The van der Waals surface area contributed by atoms with Crippen LogP contribution in [-0.4, -0.2) is 14.7 Å². The summed E-state index contributed by atoms with van der Waals surface area (Å²) in [7, 11) is 1.80. The van der Waals surface area contributed by atoms with E-state index in [1.807, 2.05) is 6.20 Å². The van der Waals surface area contributed by atoms with Gasteiger partial charge in [-0.2, -0.15) is 5.10 Å². The molecule has 0 saturated heterocycles. The predicted molar refractivity (Wildman–Crippen MR) is 51.0 cm³/mol. The van der Waals surface area contributed by atoms with Gasteiger partial charge in [-0.1, -0.05) is 6.08 Å². The van der Waals surface area contributed by atoms with E-state index in [1.165, 1.54) is 12.2 Å². The van der Waals surface area contributed by atoms with Crippen LogP contribution in [0.1, 0.15) is 11.3 Å². The van der Waals surface area contributed by atoms with Crippen LogP contribution < -0.4 is 0 Å². The Bertz CT molecular complexity index is 443. The van der Waals surface area contributed by atoms with Crippen molar-refractivity contribution in [3.05, 3.63) is 45.4 Å². The molecule has 1 aromatic rings. The number of hydrogen-bond acceptors (Lipinski definition) is 3. The summed E-state index contributed by atoms with van der Waals surface area (Å²) < 4.78 is 1.66. The highest BCUT2D eigenvalue weighted by Gasteiger charge is 2.14. The summed E-state index contributed by atoms with van der Waals surface area (Å²) in [5.41, 5.74) is 1.78. The van der Waals surface area contributed by atoms with Crippen molar-refractivity contribution in [2.24, 2.45) is 7.05 Å². The zero-order valence-electron chi connectivity index (χ0n) is 7.67. The van der Waals surface area contributed by atoms with E-state index in [0.717, 1.165) is 5.56 Å². The van der Waals surface area contributed by atoms with E-state index in [0.29, 0.717) is 12.1 Å². The maximum atomic E-state index is 10.6. The molecule has 0 spiro atoms. The minimum absolute atomic E-state index is 0.0856. The molecule has 0 N–H and O–H groups in total. The van der Waals surface area contributed by atoms with Crippen molar-refractivity contribution >= 4 is 6.08 Å². The van der Waals surface area contributed by atoms with E-state index in [4.69, 9.17) is 0 Å². The fraction of sp³-hybridized carbons (Fsp3) is 0.222. The molecule has 1 aliphatic rings. The molecule has 0 bridgehead atoms. The Morgan fingerprint density at radius 2 is 2.43 bits per heavy atom. The monoisotopic (exact) mass is 191 g/mol. The molecule has 14 heavy (non-hydrogen) atoms. The first-order chi connectivity index (χ1) is 6.66. The molecule has 0 atom stereocenters. The summed E-state index contributed by atoms with van der Waals surface area (Å²) in [4.78, 5) is 10.2. The van der Waals surface area contributed by atoms with Crippen molar-refractivity contribution in [3.63, 3.8) is 0 Å². The maximum Gasteiger partial charge on any atom is 0.271 e. The topological polar surface area (TPSA) is 61.0 Å². The quantitative estimate of drug-likeness (QED) is 0.494. The number of hydrogen-bond donors (Lipinski definition) is 0. The molecule has 1 heterocycles. The van der Waals surface area contributed by atoms with Crippen molar-refractivity contribution in [3.8, 4) is 0 Å².